The number of halogens is 1. The van der Waals surface area contributed by atoms with Crippen molar-refractivity contribution in [3.05, 3.63) is 28.8 Å². The molecule has 2 saturated heterocycles. The molecule has 0 radical (unpaired) electrons. The van der Waals surface area contributed by atoms with Crippen molar-refractivity contribution in [2.45, 2.75) is 44.1 Å². The molecule has 0 bridgehead atoms. The second kappa shape index (κ2) is 5.74. The highest BCUT2D eigenvalue weighted by Crippen LogP contribution is 2.45. The number of nitrogens with one attached hydrogen (secondary N) is 1. The molecule has 24 heavy (non-hydrogen) atoms. The summed E-state index contributed by atoms with van der Waals surface area (Å²) in [7, 11) is 0. The molecule has 6 heteroatoms. The number of rotatable bonds is 3. The van der Waals surface area contributed by atoms with Crippen molar-refractivity contribution in [3.63, 3.8) is 0 Å². The Hall–Kier alpha value is -1.59. The van der Waals surface area contributed by atoms with E-state index in [1.54, 1.807) is 11.0 Å². The zero-order valence-electron chi connectivity index (χ0n) is 13.8. The van der Waals surface area contributed by atoms with E-state index in [-0.39, 0.29) is 11.9 Å². The maximum absolute atomic E-state index is 13.2. The standard InChI is InChI=1S/C18H22ClN3O2/c1-2-21-17(24)22(16(23)18(21)7-9-20-10-8-18)13-5-6-15(19)14(11-13)12-3-4-12/h5-6,11-12,20H,2-4,7-10H2,1H3. The molecule has 1 spiro atoms. The minimum Gasteiger partial charge on any atom is -0.317 e. The van der Waals surface area contributed by atoms with Crippen LogP contribution in [0.15, 0.2) is 18.2 Å². The monoisotopic (exact) mass is 347 g/mol. The van der Waals surface area contributed by atoms with Gasteiger partial charge < -0.3 is 10.2 Å². The molecular formula is C18H22ClN3O2. The largest absolute Gasteiger partial charge is 0.332 e. The fourth-order valence-electron chi connectivity index (χ4n) is 4.08. The summed E-state index contributed by atoms with van der Waals surface area (Å²) in [5, 5.41) is 4.01. The summed E-state index contributed by atoms with van der Waals surface area (Å²) in [6.07, 6.45) is 3.60. The van der Waals surface area contributed by atoms with Gasteiger partial charge in [0.05, 0.1) is 5.69 Å². The Morgan fingerprint density at radius 2 is 1.96 bits per heavy atom. The van der Waals surface area contributed by atoms with Gasteiger partial charge in [-0.05, 0) is 75.4 Å². The van der Waals surface area contributed by atoms with E-state index in [2.05, 4.69) is 5.32 Å². The van der Waals surface area contributed by atoms with Gasteiger partial charge in [0.2, 0.25) is 0 Å². The Labute approximate surface area is 146 Å². The lowest BCUT2D eigenvalue weighted by molar-refractivity contribution is -0.126. The Bertz CT molecular complexity index is 696. The zero-order chi connectivity index (χ0) is 16.9. The molecule has 1 saturated carbocycles. The minimum atomic E-state index is -0.684. The highest BCUT2D eigenvalue weighted by atomic mass is 35.5. The molecule has 1 aliphatic carbocycles. The molecule has 5 nitrogen and oxygen atoms in total. The topological polar surface area (TPSA) is 52.7 Å². The first-order chi connectivity index (χ1) is 11.6. The molecule has 4 rings (SSSR count). The number of urea groups is 1. The van der Waals surface area contributed by atoms with Crippen LogP contribution in [-0.2, 0) is 4.79 Å². The van der Waals surface area contributed by atoms with Gasteiger partial charge in [0.1, 0.15) is 5.54 Å². The molecule has 2 aliphatic heterocycles. The predicted octanol–water partition coefficient (Wildman–Crippen LogP) is 3.13. The molecule has 3 amide bonds. The number of carbonyl (C=O) groups excluding carboxylic acids is 2. The number of piperidine rings is 1. The van der Waals surface area contributed by atoms with Crippen LogP contribution in [0.4, 0.5) is 10.5 Å². The van der Waals surface area contributed by atoms with Crippen LogP contribution in [0.1, 0.15) is 44.1 Å². The first-order valence-electron chi connectivity index (χ1n) is 8.75. The predicted molar refractivity (Wildman–Crippen MR) is 93.5 cm³/mol. The van der Waals surface area contributed by atoms with Crippen molar-refractivity contribution in [1.29, 1.82) is 0 Å². The zero-order valence-corrected chi connectivity index (χ0v) is 14.6. The van der Waals surface area contributed by atoms with E-state index in [1.807, 2.05) is 19.1 Å². The van der Waals surface area contributed by atoms with Crippen LogP contribution in [-0.4, -0.2) is 42.0 Å². The number of likely N-dealkylation sites (N-methyl/N-ethyl adjacent to an activating group) is 1. The summed E-state index contributed by atoms with van der Waals surface area (Å²) in [5.74, 6) is 0.389. The maximum atomic E-state index is 13.2. The molecule has 1 N–H and O–H groups in total. The first kappa shape index (κ1) is 15.9. The second-order valence-corrected chi connectivity index (χ2v) is 7.34. The Kier molecular flexibility index (Phi) is 3.81. The maximum Gasteiger partial charge on any atom is 0.332 e. The van der Waals surface area contributed by atoms with E-state index in [4.69, 9.17) is 11.6 Å². The summed E-state index contributed by atoms with van der Waals surface area (Å²) < 4.78 is 0. The van der Waals surface area contributed by atoms with Gasteiger partial charge in [0.25, 0.3) is 5.91 Å². The van der Waals surface area contributed by atoms with Crippen LogP contribution >= 0.6 is 11.6 Å². The highest BCUT2D eigenvalue weighted by Gasteiger charge is 2.57. The summed E-state index contributed by atoms with van der Waals surface area (Å²) in [6, 6.07) is 5.34. The Balaban J connectivity index is 1.74. The minimum absolute atomic E-state index is 0.0834. The van der Waals surface area contributed by atoms with Crippen molar-refractivity contribution in [3.8, 4) is 0 Å². The number of nitrogens with zero attached hydrogens (tertiary/aromatic N) is 2. The molecule has 3 fully saturated rings. The molecule has 1 aromatic rings. The Morgan fingerprint density at radius 3 is 2.58 bits per heavy atom. The van der Waals surface area contributed by atoms with Gasteiger partial charge in [-0.3, -0.25) is 4.79 Å². The third kappa shape index (κ3) is 2.25. The van der Waals surface area contributed by atoms with E-state index < -0.39 is 5.54 Å². The van der Waals surface area contributed by atoms with E-state index in [1.165, 1.54) is 4.90 Å². The first-order valence-corrected chi connectivity index (χ1v) is 9.12. The lowest BCUT2D eigenvalue weighted by atomic mass is 9.86. The average Bonchev–Trinajstić information content (AvgIpc) is 3.40. The van der Waals surface area contributed by atoms with Gasteiger partial charge in [-0.1, -0.05) is 11.6 Å². The van der Waals surface area contributed by atoms with E-state index in [9.17, 15) is 9.59 Å². The summed E-state index contributed by atoms with van der Waals surface area (Å²) >= 11 is 6.30. The normalized spacial score (nSPS) is 23.4. The van der Waals surface area contributed by atoms with Gasteiger partial charge in [-0.25, -0.2) is 9.69 Å². The van der Waals surface area contributed by atoms with Gasteiger partial charge in [-0.15, -0.1) is 0 Å². The molecule has 128 valence electrons. The number of hydrogen-bond donors (Lipinski definition) is 1. The molecule has 0 unspecified atom stereocenters. The fourth-order valence-corrected chi connectivity index (χ4v) is 4.35. The van der Waals surface area contributed by atoms with E-state index in [0.29, 0.717) is 31.0 Å². The number of benzene rings is 1. The highest BCUT2D eigenvalue weighted by molar-refractivity contribution is 6.31. The molecule has 3 aliphatic rings. The van der Waals surface area contributed by atoms with E-state index in [0.717, 1.165) is 36.5 Å². The number of amides is 3. The number of hydrogen-bond acceptors (Lipinski definition) is 3. The van der Waals surface area contributed by atoms with Crippen molar-refractivity contribution >= 4 is 29.2 Å². The second-order valence-electron chi connectivity index (χ2n) is 6.93. The lowest BCUT2D eigenvalue weighted by Crippen LogP contribution is -2.55. The van der Waals surface area contributed by atoms with Gasteiger partial charge in [0.15, 0.2) is 0 Å². The molecule has 2 heterocycles. The smallest absolute Gasteiger partial charge is 0.317 e. The van der Waals surface area contributed by atoms with Gasteiger partial charge >= 0.3 is 6.03 Å². The quantitative estimate of drug-likeness (QED) is 0.855. The van der Waals surface area contributed by atoms with Crippen molar-refractivity contribution in [2.75, 3.05) is 24.5 Å². The van der Waals surface area contributed by atoms with Crippen LogP contribution in [0.3, 0.4) is 0 Å². The van der Waals surface area contributed by atoms with Gasteiger partial charge in [-0.2, -0.15) is 0 Å². The average molecular weight is 348 g/mol. The SMILES string of the molecule is CCN1C(=O)N(c2ccc(Cl)c(C3CC3)c2)C(=O)C12CCNCC2. The Morgan fingerprint density at radius 1 is 1.25 bits per heavy atom. The van der Waals surface area contributed by atoms with Crippen LogP contribution in [0.2, 0.25) is 5.02 Å². The van der Waals surface area contributed by atoms with E-state index >= 15 is 0 Å². The van der Waals surface area contributed by atoms with Crippen molar-refractivity contribution in [1.82, 2.24) is 10.2 Å². The lowest BCUT2D eigenvalue weighted by Gasteiger charge is -2.37. The molecule has 1 aromatic carbocycles. The fraction of sp³-hybridized carbons (Fsp3) is 0.556. The molecular weight excluding hydrogens is 326 g/mol. The third-order valence-electron chi connectivity index (χ3n) is 5.54. The summed E-state index contributed by atoms with van der Waals surface area (Å²) in [5.41, 5.74) is 1.03. The van der Waals surface area contributed by atoms with Crippen LogP contribution in [0, 0.1) is 0 Å². The summed E-state index contributed by atoms with van der Waals surface area (Å²) in [6.45, 7) is 4.01. The number of anilines is 1. The van der Waals surface area contributed by atoms with Crippen LogP contribution in [0.5, 0.6) is 0 Å². The summed E-state index contributed by atoms with van der Waals surface area (Å²) in [4.78, 5) is 29.4. The molecule has 0 atom stereocenters. The van der Waals surface area contributed by atoms with Crippen LogP contribution in [0.25, 0.3) is 0 Å². The number of carbonyl (C=O) groups is 2. The molecule has 0 aromatic heterocycles. The van der Waals surface area contributed by atoms with Crippen LogP contribution < -0.4 is 10.2 Å². The number of imide groups is 1. The van der Waals surface area contributed by atoms with Crippen molar-refractivity contribution in [2.24, 2.45) is 0 Å². The third-order valence-corrected chi connectivity index (χ3v) is 5.89. The van der Waals surface area contributed by atoms with Crippen molar-refractivity contribution < 1.29 is 9.59 Å². The van der Waals surface area contributed by atoms with Gasteiger partial charge in [0, 0.05) is 11.6 Å².